The highest BCUT2D eigenvalue weighted by Crippen LogP contribution is 2.45. The maximum Gasteiger partial charge on any atom is 0.251 e. The van der Waals surface area contributed by atoms with Crippen molar-refractivity contribution in [2.45, 2.75) is 25.7 Å². The molecule has 0 radical (unpaired) electrons. The maximum atomic E-state index is 12.3. The second-order valence-corrected chi connectivity index (χ2v) is 5.95. The molecule has 4 nitrogen and oxygen atoms in total. The van der Waals surface area contributed by atoms with Gasteiger partial charge in [0.05, 0.1) is 19.9 Å². The zero-order chi connectivity index (χ0) is 15.3. The summed E-state index contributed by atoms with van der Waals surface area (Å²) >= 11 is 0. The Labute approximate surface area is 130 Å². The van der Waals surface area contributed by atoms with Crippen LogP contribution in [0.15, 0.2) is 29.5 Å². The fourth-order valence-corrected chi connectivity index (χ4v) is 3.83. The zero-order valence-corrected chi connectivity index (χ0v) is 12.9. The minimum atomic E-state index is 0.135. The summed E-state index contributed by atoms with van der Waals surface area (Å²) in [5.41, 5.74) is 6.10. The topological polar surface area (TPSA) is 38.8 Å². The van der Waals surface area contributed by atoms with E-state index in [0.29, 0.717) is 0 Å². The standard InChI is InChI=1S/C18H19NO3/c1-21-15-8-11-6-7-19-17(20)9-12-4-3-5-13(18(12)19)14(11)10-16(15)22-2/h8-10H,3-7H2,1-2H3. The summed E-state index contributed by atoms with van der Waals surface area (Å²) in [6, 6.07) is 4.14. The minimum Gasteiger partial charge on any atom is -0.493 e. The van der Waals surface area contributed by atoms with Crippen molar-refractivity contribution >= 4 is 11.5 Å². The summed E-state index contributed by atoms with van der Waals surface area (Å²) in [5, 5.41) is 0. The Morgan fingerprint density at radius 1 is 1.05 bits per heavy atom. The van der Waals surface area contributed by atoms with Crippen LogP contribution in [0, 0.1) is 0 Å². The molecule has 0 spiro atoms. The van der Waals surface area contributed by atoms with Crippen LogP contribution < -0.4 is 9.47 Å². The van der Waals surface area contributed by atoms with Crippen molar-refractivity contribution in [3.05, 3.63) is 40.6 Å². The van der Waals surface area contributed by atoms with Crippen LogP contribution in [0.3, 0.4) is 0 Å². The predicted molar refractivity (Wildman–Crippen MR) is 83.8 cm³/mol. The van der Waals surface area contributed by atoms with Crippen molar-refractivity contribution in [1.29, 1.82) is 0 Å². The molecule has 3 aliphatic rings. The van der Waals surface area contributed by atoms with Crippen molar-refractivity contribution < 1.29 is 14.3 Å². The van der Waals surface area contributed by atoms with E-state index in [0.717, 1.165) is 49.4 Å². The van der Waals surface area contributed by atoms with Gasteiger partial charge in [0.15, 0.2) is 11.5 Å². The Kier molecular flexibility index (Phi) is 2.99. The smallest absolute Gasteiger partial charge is 0.251 e. The lowest BCUT2D eigenvalue weighted by Gasteiger charge is -2.25. The summed E-state index contributed by atoms with van der Waals surface area (Å²) < 4.78 is 10.9. The average molecular weight is 297 g/mol. The summed E-state index contributed by atoms with van der Waals surface area (Å²) in [4.78, 5) is 14.2. The van der Waals surface area contributed by atoms with E-state index >= 15 is 0 Å². The molecular weight excluding hydrogens is 278 g/mol. The molecule has 2 heterocycles. The number of benzene rings is 1. The Hall–Kier alpha value is -2.23. The van der Waals surface area contributed by atoms with Crippen LogP contribution in [0.4, 0.5) is 0 Å². The van der Waals surface area contributed by atoms with Crippen molar-refractivity contribution in [2.24, 2.45) is 0 Å². The fraction of sp³-hybridized carbons (Fsp3) is 0.389. The summed E-state index contributed by atoms with van der Waals surface area (Å²) in [7, 11) is 3.32. The number of allylic oxidation sites excluding steroid dienone is 2. The van der Waals surface area contributed by atoms with Gasteiger partial charge >= 0.3 is 0 Å². The molecule has 0 saturated heterocycles. The highest BCUT2D eigenvalue weighted by molar-refractivity contribution is 5.98. The largest absolute Gasteiger partial charge is 0.493 e. The van der Waals surface area contributed by atoms with E-state index in [2.05, 4.69) is 12.1 Å². The van der Waals surface area contributed by atoms with Gasteiger partial charge in [-0.25, -0.2) is 0 Å². The molecule has 22 heavy (non-hydrogen) atoms. The highest BCUT2D eigenvalue weighted by Gasteiger charge is 2.35. The van der Waals surface area contributed by atoms with Gasteiger partial charge in [0.25, 0.3) is 5.91 Å². The summed E-state index contributed by atoms with van der Waals surface area (Å²) in [6.45, 7) is 0.736. The van der Waals surface area contributed by atoms with E-state index in [-0.39, 0.29) is 5.91 Å². The third kappa shape index (κ3) is 1.79. The number of rotatable bonds is 2. The number of hydrogen-bond donors (Lipinski definition) is 0. The van der Waals surface area contributed by atoms with Crippen molar-refractivity contribution in [3.8, 4) is 11.5 Å². The lowest BCUT2D eigenvalue weighted by atomic mass is 9.86. The molecule has 0 fully saturated rings. The van der Waals surface area contributed by atoms with E-state index in [1.54, 1.807) is 14.2 Å². The SMILES string of the molecule is COc1cc2c(cc1OC)C1=C3C(=CC(=O)N3CC2)CCC1. The Morgan fingerprint density at radius 2 is 1.82 bits per heavy atom. The van der Waals surface area contributed by atoms with Gasteiger partial charge in [-0.05, 0) is 60.1 Å². The van der Waals surface area contributed by atoms with Gasteiger partial charge in [0.2, 0.25) is 0 Å². The number of fused-ring (bicyclic) bond motifs is 2. The third-order valence-corrected chi connectivity index (χ3v) is 4.84. The van der Waals surface area contributed by atoms with Gasteiger partial charge in [-0.3, -0.25) is 4.79 Å². The van der Waals surface area contributed by atoms with Crippen molar-refractivity contribution in [2.75, 3.05) is 20.8 Å². The molecule has 0 saturated carbocycles. The number of ether oxygens (including phenoxy) is 2. The van der Waals surface area contributed by atoms with E-state index in [4.69, 9.17) is 9.47 Å². The first-order chi connectivity index (χ1) is 10.7. The van der Waals surface area contributed by atoms with Crippen molar-refractivity contribution in [3.63, 3.8) is 0 Å². The van der Waals surface area contributed by atoms with Crippen molar-refractivity contribution in [1.82, 2.24) is 4.90 Å². The molecule has 0 aromatic heterocycles. The lowest BCUT2D eigenvalue weighted by molar-refractivity contribution is -0.123. The molecular formula is C18H19NO3. The van der Waals surface area contributed by atoms with E-state index in [1.807, 2.05) is 11.0 Å². The second-order valence-electron chi connectivity index (χ2n) is 5.95. The first kappa shape index (κ1) is 13.4. The molecule has 1 aromatic carbocycles. The van der Waals surface area contributed by atoms with E-state index < -0.39 is 0 Å². The predicted octanol–water partition coefficient (Wildman–Crippen LogP) is 2.92. The molecule has 0 bridgehead atoms. The maximum absolute atomic E-state index is 12.3. The monoisotopic (exact) mass is 297 g/mol. The van der Waals surface area contributed by atoms with Gasteiger partial charge in [-0.2, -0.15) is 0 Å². The molecule has 114 valence electrons. The quantitative estimate of drug-likeness (QED) is 0.842. The molecule has 1 amide bonds. The lowest BCUT2D eigenvalue weighted by Crippen LogP contribution is -2.26. The molecule has 4 rings (SSSR count). The third-order valence-electron chi connectivity index (χ3n) is 4.84. The summed E-state index contributed by atoms with van der Waals surface area (Å²) in [6.07, 6.45) is 5.78. The molecule has 4 heteroatoms. The molecule has 0 atom stereocenters. The number of hydrogen-bond acceptors (Lipinski definition) is 3. The number of amides is 1. The van der Waals surface area contributed by atoms with Crippen LogP contribution in [0.2, 0.25) is 0 Å². The van der Waals surface area contributed by atoms with E-state index in [9.17, 15) is 4.79 Å². The van der Waals surface area contributed by atoms with Crippen LogP contribution in [0.5, 0.6) is 11.5 Å². The van der Waals surface area contributed by atoms with E-state index in [1.165, 1.54) is 22.3 Å². The van der Waals surface area contributed by atoms with Crippen LogP contribution in [-0.2, 0) is 11.2 Å². The number of carbonyl (C=O) groups is 1. The second kappa shape index (κ2) is 4.90. The minimum absolute atomic E-state index is 0.135. The summed E-state index contributed by atoms with van der Waals surface area (Å²) in [5.74, 6) is 1.64. The molecule has 1 aliphatic carbocycles. The Balaban J connectivity index is 1.94. The first-order valence-electron chi connectivity index (χ1n) is 7.74. The highest BCUT2D eigenvalue weighted by atomic mass is 16.5. The number of methoxy groups -OCH3 is 2. The Morgan fingerprint density at radius 3 is 2.59 bits per heavy atom. The fourth-order valence-electron chi connectivity index (χ4n) is 3.83. The normalized spacial score (nSPS) is 19.5. The van der Waals surface area contributed by atoms with Crippen LogP contribution in [-0.4, -0.2) is 31.6 Å². The van der Waals surface area contributed by atoms with Gasteiger partial charge in [0, 0.05) is 12.6 Å². The first-order valence-corrected chi connectivity index (χ1v) is 7.74. The molecule has 0 N–H and O–H groups in total. The van der Waals surface area contributed by atoms with Gasteiger partial charge in [-0.15, -0.1) is 0 Å². The molecule has 1 aromatic rings. The van der Waals surface area contributed by atoms with Crippen LogP contribution >= 0.6 is 0 Å². The molecule has 2 aliphatic heterocycles. The average Bonchev–Trinajstić information content (AvgIpc) is 2.77. The van der Waals surface area contributed by atoms with Gasteiger partial charge < -0.3 is 14.4 Å². The van der Waals surface area contributed by atoms with Gasteiger partial charge in [-0.1, -0.05) is 0 Å². The Bertz CT molecular complexity index is 730. The number of nitrogens with zero attached hydrogens (tertiary/aromatic N) is 1. The van der Waals surface area contributed by atoms with Crippen LogP contribution in [0.1, 0.15) is 30.4 Å². The van der Waals surface area contributed by atoms with Crippen LogP contribution in [0.25, 0.3) is 5.57 Å². The molecule has 0 unspecified atom stereocenters. The number of carbonyl (C=O) groups excluding carboxylic acids is 1. The van der Waals surface area contributed by atoms with Gasteiger partial charge in [0.1, 0.15) is 0 Å². The zero-order valence-electron chi connectivity index (χ0n) is 12.9.